The molecule has 0 N–H and O–H groups in total. The summed E-state index contributed by atoms with van der Waals surface area (Å²) in [7, 11) is 1.67. The molecule has 4 aromatic rings. The van der Waals surface area contributed by atoms with Gasteiger partial charge in [-0.1, -0.05) is 41.7 Å². The maximum absolute atomic E-state index is 12.8. The van der Waals surface area contributed by atoms with Gasteiger partial charge >= 0.3 is 0 Å². The van der Waals surface area contributed by atoms with Gasteiger partial charge in [-0.25, -0.2) is 0 Å². The van der Waals surface area contributed by atoms with E-state index in [1.54, 1.807) is 31.4 Å². The van der Waals surface area contributed by atoms with E-state index in [2.05, 4.69) is 28.6 Å². The predicted octanol–water partition coefficient (Wildman–Crippen LogP) is 5.19. The van der Waals surface area contributed by atoms with Gasteiger partial charge in [0.1, 0.15) is 11.5 Å². The van der Waals surface area contributed by atoms with Crippen molar-refractivity contribution in [2.75, 3.05) is 13.7 Å². The number of rotatable bonds is 6. The lowest BCUT2D eigenvalue weighted by Crippen LogP contribution is -2.19. The Morgan fingerprint density at radius 3 is 2.43 bits per heavy atom. The van der Waals surface area contributed by atoms with E-state index in [9.17, 15) is 4.79 Å². The molecule has 30 heavy (non-hydrogen) atoms. The molecular weight excluding hydrogens is 396 g/mol. The average Bonchev–Trinajstić information content (AvgIpc) is 3.11. The van der Waals surface area contributed by atoms with Crippen molar-refractivity contribution in [3.63, 3.8) is 0 Å². The lowest BCUT2D eigenvalue weighted by Gasteiger charge is -2.07. The van der Waals surface area contributed by atoms with Gasteiger partial charge in [0.15, 0.2) is 4.80 Å². The van der Waals surface area contributed by atoms with Crippen molar-refractivity contribution >= 4 is 27.5 Å². The molecule has 0 aliphatic rings. The van der Waals surface area contributed by atoms with Crippen LogP contribution in [0.15, 0.2) is 77.8 Å². The van der Waals surface area contributed by atoms with E-state index in [1.165, 1.54) is 11.3 Å². The number of nitrogens with zero attached hydrogens (tertiary/aromatic N) is 2. The van der Waals surface area contributed by atoms with Crippen molar-refractivity contribution in [3.8, 4) is 11.5 Å². The van der Waals surface area contributed by atoms with Crippen LogP contribution >= 0.6 is 11.3 Å². The molecule has 1 aromatic heterocycles. The maximum atomic E-state index is 12.8. The van der Waals surface area contributed by atoms with Gasteiger partial charge in [0.05, 0.1) is 16.8 Å². The number of para-hydroxylation sites is 2. The van der Waals surface area contributed by atoms with Crippen molar-refractivity contribution in [1.29, 1.82) is 0 Å². The fraction of sp³-hybridized carbons (Fsp3) is 0.167. The quantitative estimate of drug-likeness (QED) is 0.433. The lowest BCUT2D eigenvalue weighted by molar-refractivity contribution is 0.0997. The molecule has 0 fully saturated rings. The molecule has 0 spiro atoms. The van der Waals surface area contributed by atoms with Crippen LogP contribution < -0.4 is 9.54 Å². The third kappa shape index (κ3) is 4.35. The number of ether oxygens (including phenoxy) is 2. The molecule has 3 aromatic carbocycles. The number of benzene rings is 3. The number of aryl methyl sites for hydroxylation is 1. The molecule has 0 aliphatic heterocycles. The Bertz CT molecular complexity index is 1230. The fourth-order valence-electron chi connectivity index (χ4n) is 3.22. The first kappa shape index (κ1) is 20.1. The minimum Gasteiger partial charge on any atom is -0.457 e. The summed E-state index contributed by atoms with van der Waals surface area (Å²) in [6, 6.07) is 22.7. The molecule has 0 saturated heterocycles. The lowest BCUT2D eigenvalue weighted by atomic mass is 10.2. The summed E-state index contributed by atoms with van der Waals surface area (Å²) in [6.07, 6.45) is 0. The highest BCUT2D eigenvalue weighted by molar-refractivity contribution is 7.16. The van der Waals surface area contributed by atoms with Crippen LogP contribution in [0.25, 0.3) is 10.2 Å². The van der Waals surface area contributed by atoms with Gasteiger partial charge in [0.25, 0.3) is 5.91 Å². The van der Waals surface area contributed by atoms with Gasteiger partial charge in [-0.3, -0.25) is 4.79 Å². The first-order chi connectivity index (χ1) is 14.7. The molecule has 1 amide bonds. The number of fused-ring (bicyclic) bond motifs is 1. The van der Waals surface area contributed by atoms with Crippen LogP contribution in [0.3, 0.4) is 0 Å². The maximum Gasteiger partial charge on any atom is 0.279 e. The number of carbonyl (C=O) groups excluding carboxylic acids is 1. The molecule has 0 saturated carbocycles. The van der Waals surface area contributed by atoms with Gasteiger partial charge in [-0.05, 0) is 55.0 Å². The number of hydrogen-bond donors (Lipinski definition) is 0. The van der Waals surface area contributed by atoms with Crippen molar-refractivity contribution in [2.24, 2.45) is 4.99 Å². The second-order valence-electron chi connectivity index (χ2n) is 6.81. The van der Waals surface area contributed by atoms with Crippen LogP contribution in [0.2, 0.25) is 0 Å². The second-order valence-corrected chi connectivity index (χ2v) is 7.82. The summed E-state index contributed by atoms with van der Waals surface area (Å²) in [5.74, 6) is 1.14. The number of amides is 1. The molecular formula is C24H22N2O3S. The molecule has 0 radical (unpaired) electrons. The Hall–Kier alpha value is -3.22. The summed E-state index contributed by atoms with van der Waals surface area (Å²) in [5, 5.41) is 0. The molecule has 5 nitrogen and oxygen atoms in total. The van der Waals surface area contributed by atoms with E-state index in [4.69, 9.17) is 9.47 Å². The topological polar surface area (TPSA) is 52.8 Å². The largest absolute Gasteiger partial charge is 0.457 e. The van der Waals surface area contributed by atoms with E-state index in [0.717, 1.165) is 21.5 Å². The van der Waals surface area contributed by atoms with Crippen molar-refractivity contribution < 1.29 is 14.3 Å². The summed E-state index contributed by atoms with van der Waals surface area (Å²) < 4.78 is 14.2. The number of hydrogen-bond acceptors (Lipinski definition) is 4. The highest BCUT2D eigenvalue weighted by Gasteiger charge is 2.11. The summed E-state index contributed by atoms with van der Waals surface area (Å²) >= 11 is 1.51. The zero-order valence-corrected chi connectivity index (χ0v) is 17.7. The van der Waals surface area contributed by atoms with E-state index in [1.807, 2.05) is 36.4 Å². The Morgan fingerprint density at radius 2 is 1.70 bits per heavy atom. The molecule has 1 heterocycles. The summed E-state index contributed by atoms with van der Waals surface area (Å²) in [4.78, 5) is 17.9. The first-order valence-corrected chi connectivity index (χ1v) is 10.5. The van der Waals surface area contributed by atoms with Gasteiger partial charge in [0, 0.05) is 19.2 Å². The van der Waals surface area contributed by atoms with Gasteiger partial charge in [-0.15, -0.1) is 0 Å². The Balaban J connectivity index is 1.64. The standard InChI is InChI=1S/C24H22N2O3S/c1-17-7-6-10-21-22(17)26(15-16-28-2)24(30-21)25-23(27)18-11-13-20(14-12-18)29-19-8-4-3-5-9-19/h3-14H,15-16H2,1-2H3. The highest BCUT2D eigenvalue weighted by atomic mass is 32.1. The SMILES string of the molecule is COCCn1c(=NC(=O)c2ccc(Oc3ccccc3)cc2)sc2cccc(C)c21. The molecule has 152 valence electrons. The predicted molar refractivity (Wildman–Crippen MR) is 119 cm³/mol. The first-order valence-electron chi connectivity index (χ1n) is 9.65. The highest BCUT2D eigenvalue weighted by Crippen LogP contribution is 2.22. The number of methoxy groups -OCH3 is 1. The van der Waals surface area contributed by atoms with Crippen LogP contribution in [-0.2, 0) is 11.3 Å². The third-order valence-corrected chi connectivity index (χ3v) is 5.74. The van der Waals surface area contributed by atoms with Gasteiger partial charge < -0.3 is 14.0 Å². The number of carbonyl (C=O) groups is 1. The Labute approximate surface area is 178 Å². The smallest absolute Gasteiger partial charge is 0.279 e. The van der Waals surface area contributed by atoms with Crippen molar-refractivity contribution in [3.05, 3.63) is 88.7 Å². The monoisotopic (exact) mass is 418 g/mol. The molecule has 0 atom stereocenters. The van der Waals surface area contributed by atoms with Crippen LogP contribution in [0.1, 0.15) is 15.9 Å². The number of thiazole rings is 1. The fourth-order valence-corrected chi connectivity index (χ4v) is 4.36. The van der Waals surface area contributed by atoms with Crippen molar-refractivity contribution in [2.45, 2.75) is 13.5 Å². The van der Waals surface area contributed by atoms with E-state index < -0.39 is 0 Å². The molecule has 0 aliphatic carbocycles. The Morgan fingerprint density at radius 1 is 0.967 bits per heavy atom. The second kappa shape index (κ2) is 9.07. The zero-order valence-electron chi connectivity index (χ0n) is 16.9. The molecule has 0 bridgehead atoms. The van der Waals surface area contributed by atoms with Crippen LogP contribution in [-0.4, -0.2) is 24.2 Å². The third-order valence-electron chi connectivity index (χ3n) is 4.70. The summed E-state index contributed by atoms with van der Waals surface area (Å²) in [5.41, 5.74) is 2.76. The normalized spacial score (nSPS) is 11.7. The van der Waals surface area contributed by atoms with Crippen molar-refractivity contribution in [1.82, 2.24) is 4.57 Å². The van der Waals surface area contributed by atoms with Crippen LogP contribution in [0, 0.1) is 6.92 Å². The molecule has 0 unspecified atom stereocenters. The van der Waals surface area contributed by atoms with Crippen LogP contribution in [0.5, 0.6) is 11.5 Å². The minimum atomic E-state index is -0.281. The molecule has 4 rings (SSSR count). The zero-order chi connectivity index (χ0) is 20.9. The van der Waals surface area contributed by atoms with Crippen LogP contribution in [0.4, 0.5) is 0 Å². The van der Waals surface area contributed by atoms with E-state index in [0.29, 0.717) is 29.3 Å². The molecule has 6 heteroatoms. The van der Waals surface area contributed by atoms with E-state index in [-0.39, 0.29) is 5.91 Å². The Kier molecular flexibility index (Phi) is 6.07. The number of aromatic nitrogens is 1. The minimum absolute atomic E-state index is 0.281. The average molecular weight is 419 g/mol. The summed E-state index contributed by atoms with van der Waals surface area (Å²) in [6.45, 7) is 3.25. The van der Waals surface area contributed by atoms with Gasteiger partial charge in [0.2, 0.25) is 0 Å². The van der Waals surface area contributed by atoms with E-state index >= 15 is 0 Å². The van der Waals surface area contributed by atoms with Gasteiger partial charge in [-0.2, -0.15) is 4.99 Å².